The molecule has 0 saturated heterocycles. The number of nitrogens with one attached hydrogen (secondary N) is 1. The zero-order chi connectivity index (χ0) is 17.8. The monoisotopic (exact) mass is 358 g/mol. The first-order chi connectivity index (χ1) is 12.1. The van der Waals surface area contributed by atoms with Gasteiger partial charge in [0.1, 0.15) is 0 Å². The van der Waals surface area contributed by atoms with Gasteiger partial charge in [0, 0.05) is 34.3 Å². The smallest absolute Gasteiger partial charge is 0.162 e. The molecule has 132 valence electrons. The third-order valence-corrected chi connectivity index (χ3v) is 5.07. The van der Waals surface area contributed by atoms with Crippen LogP contribution in [0.1, 0.15) is 24.3 Å². The lowest BCUT2D eigenvalue weighted by Crippen LogP contribution is -2.18. The van der Waals surface area contributed by atoms with E-state index in [0.29, 0.717) is 17.9 Å². The van der Waals surface area contributed by atoms with Gasteiger partial charge in [0.25, 0.3) is 0 Å². The SMILES string of the molecule is COc1cc2nccc(NC(C)CC(O)c3cccs3)c2cc1OC. The second-order valence-electron chi connectivity index (χ2n) is 5.90. The lowest BCUT2D eigenvalue weighted by atomic mass is 10.1. The zero-order valence-electron chi connectivity index (χ0n) is 14.5. The van der Waals surface area contributed by atoms with Crippen molar-refractivity contribution in [1.29, 1.82) is 0 Å². The molecule has 0 radical (unpaired) electrons. The van der Waals surface area contributed by atoms with Crippen LogP contribution in [-0.2, 0) is 0 Å². The summed E-state index contributed by atoms with van der Waals surface area (Å²) in [4.78, 5) is 5.40. The van der Waals surface area contributed by atoms with E-state index in [9.17, 15) is 5.11 Å². The van der Waals surface area contributed by atoms with Gasteiger partial charge in [-0.1, -0.05) is 6.07 Å². The number of pyridine rings is 1. The van der Waals surface area contributed by atoms with Gasteiger partial charge >= 0.3 is 0 Å². The van der Waals surface area contributed by atoms with Crippen molar-refractivity contribution in [2.45, 2.75) is 25.5 Å². The van der Waals surface area contributed by atoms with Crippen molar-refractivity contribution >= 4 is 27.9 Å². The van der Waals surface area contributed by atoms with Gasteiger partial charge in [0.2, 0.25) is 0 Å². The Hall–Kier alpha value is -2.31. The van der Waals surface area contributed by atoms with Crippen molar-refractivity contribution in [1.82, 2.24) is 4.98 Å². The molecule has 3 rings (SSSR count). The molecule has 2 heterocycles. The predicted molar refractivity (Wildman–Crippen MR) is 102 cm³/mol. The molecular formula is C19H22N2O3S. The molecule has 2 atom stereocenters. The van der Waals surface area contributed by atoms with Crippen LogP contribution in [0, 0.1) is 0 Å². The van der Waals surface area contributed by atoms with E-state index in [0.717, 1.165) is 21.5 Å². The molecule has 0 bridgehead atoms. The Labute approximate surface area is 151 Å². The highest BCUT2D eigenvalue weighted by Gasteiger charge is 2.15. The van der Waals surface area contributed by atoms with Crippen molar-refractivity contribution in [2.24, 2.45) is 0 Å². The number of aliphatic hydroxyl groups excluding tert-OH is 1. The number of ether oxygens (including phenoxy) is 2. The number of aromatic nitrogens is 1. The maximum absolute atomic E-state index is 10.3. The fourth-order valence-electron chi connectivity index (χ4n) is 2.85. The van der Waals surface area contributed by atoms with Gasteiger partial charge in [-0.05, 0) is 36.9 Å². The third-order valence-electron chi connectivity index (χ3n) is 4.10. The Kier molecular flexibility index (Phi) is 5.40. The third kappa shape index (κ3) is 3.86. The normalized spacial score (nSPS) is 13.4. The molecule has 0 saturated carbocycles. The van der Waals surface area contributed by atoms with Crippen LogP contribution >= 0.6 is 11.3 Å². The summed E-state index contributed by atoms with van der Waals surface area (Å²) >= 11 is 1.57. The average molecular weight is 358 g/mol. The molecule has 3 aromatic rings. The number of anilines is 1. The standard InChI is InChI=1S/C19H22N2O3S/c1-12(9-16(22)19-5-4-8-25-19)21-14-6-7-20-15-11-18(24-3)17(23-2)10-13(14)15/h4-8,10-12,16,22H,9H2,1-3H3,(H,20,21). The first-order valence-electron chi connectivity index (χ1n) is 8.11. The number of fused-ring (bicyclic) bond motifs is 1. The fourth-order valence-corrected chi connectivity index (χ4v) is 3.58. The van der Waals surface area contributed by atoms with Gasteiger partial charge in [-0.2, -0.15) is 0 Å². The number of hydrogen-bond acceptors (Lipinski definition) is 6. The van der Waals surface area contributed by atoms with Crippen molar-refractivity contribution in [3.63, 3.8) is 0 Å². The molecule has 6 heteroatoms. The van der Waals surface area contributed by atoms with E-state index in [-0.39, 0.29) is 6.04 Å². The Morgan fingerprint density at radius 2 is 1.96 bits per heavy atom. The summed E-state index contributed by atoms with van der Waals surface area (Å²) in [6, 6.07) is 9.73. The minimum atomic E-state index is -0.467. The molecule has 25 heavy (non-hydrogen) atoms. The number of benzene rings is 1. The van der Waals surface area contributed by atoms with Crippen LogP contribution in [0.15, 0.2) is 41.9 Å². The summed E-state index contributed by atoms with van der Waals surface area (Å²) in [5, 5.41) is 16.8. The Balaban J connectivity index is 1.83. The molecule has 0 fully saturated rings. The molecule has 1 aromatic carbocycles. The van der Waals surface area contributed by atoms with Crippen molar-refractivity contribution in [3.05, 3.63) is 46.8 Å². The molecule has 2 N–H and O–H groups in total. The van der Waals surface area contributed by atoms with Gasteiger partial charge in [0.05, 0.1) is 25.8 Å². The molecule has 2 aromatic heterocycles. The second-order valence-corrected chi connectivity index (χ2v) is 6.87. The first kappa shape index (κ1) is 17.5. The number of rotatable bonds is 7. The molecule has 0 aliphatic heterocycles. The molecule has 5 nitrogen and oxygen atoms in total. The van der Waals surface area contributed by atoms with Crippen LogP contribution in [0.5, 0.6) is 11.5 Å². The number of methoxy groups -OCH3 is 2. The molecule has 0 aliphatic carbocycles. The molecule has 0 spiro atoms. The summed E-state index contributed by atoms with van der Waals surface area (Å²) < 4.78 is 10.7. The number of hydrogen-bond donors (Lipinski definition) is 2. The lowest BCUT2D eigenvalue weighted by Gasteiger charge is -2.20. The van der Waals surface area contributed by atoms with Gasteiger partial charge in [-0.15, -0.1) is 11.3 Å². The van der Waals surface area contributed by atoms with Gasteiger partial charge < -0.3 is 19.9 Å². The van der Waals surface area contributed by atoms with Crippen LogP contribution in [0.3, 0.4) is 0 Å². The molecule has 0 aliphatic rings. The van der Waals surface area contributed by atoms with Crippen LogP contribution < -0.4 is 14.8 Å². The number of aliphatic hydroxyl groups is 1. The minimum absolute atomic E-state index is 0.0933. The second kappa shape index (κ2) is 7.72. The molecule has 0 amide bonds. The summed E-state index contributed by atoms with van der Waals surface area (Å²) in [6.07, 6.45) is 1.92. The summed E-state index contributed by atoms with van der Waals surface area (Å²) in [7, 11) is 3.23. The summed E-state index contributed by atoms with van der Waals surface area (Å²) in [5.41, 5.74) is 1.78. The Bertz CT molecular complexity index is 836. The summed E-state index contributed by atoms with van der Waals surface area (Å²) in [5.74, 6) is 1.32. The largest absolute Gasteiger partial charge is 0.493 e. The quantitative estimate of drug-likeness (QED) is 0.661. The van der Waals surface area contributed by atoms with Crippen molar-refractivity contribution < 1.29 is 14.6 Å². The van der Waals surface area contributed by atoms with Gasteiger partial charge in [-0.3, -0.25) is 4.98 Å². The highest BCUT2D eigenvalue weighted by atomic mass is 32.1. The van der Waals surface area contributed by atoms with Crippen molar-refractivity contribution in [2.75, 3.05) is 19.5 Å². The lowest BCUT2D eigenvalue weighted by molar-refractivity contribution is 0.166. The number of thiophene rings is 1. The topological polar surface area (TPSA) is 63.6 Å². The van der Waals surface area contributed by atoms with Crippen molar-refractivity contribution in [3.8, 4) is 11.5 Å². The Morgan fingerprint density at radius 3 is 2.64 bits per heavy atom. The zero-order valence-corrected chi connectivity index (χ0v) is 15.3. The van der Waals surface area contributed by atoms with Crippen LogP contribution in [-0.4, -0.2) is 30.4 Å². The van der Waals surface area contributed by atoms with Gasteiger partial charge in [-0.25, -0.2) is 0 Å². The highest BCUT2D eigenvalue weighted by molar-refractivity contribution is 7.10. The van der Waals surface area contributed by atoms with Crippen LogP contribution in [0.2, 0.25) is 0 Å². The fraction of sp³-hybridized carbons (Fsp3) is 0.316. The predicted octanol–water partition coefficient (Wildman–Crippen LogP) is 4.24. The van der Waals surface area contributed by atoms with E-state index in [1.54, 1.807) is 31.8 Å². The minimum Gasteiger partial charge on any atom is -0.493 e. The van der Waals surface area contributed by atoms with E-state index >= 15 is 0 Å². The van der Waals surface area contributed by atoms with Gasteiger partial charge in [0.15, 0.2) is 11.5 Å². The van der Waals surface area contributed by atoms with Crippen LogP contribution in [0.25, 0.3) is 10.9 Å². The van der Waals surface area contributed by atoms with E-state index in [4.69, 9.17) is 9.47 Å². The summed E-state index contributed by atoms with van der Waals surface area (Å²) in [6.45, 7) is 2.06. The average Bonchev–Trinajstić information content (AvgIpc) is 3.15. The van der Waals surface area contributed by atoms with E-state index in [2.05, 4.69) is 17.2 Å². The Morgan fingerprint density at radius 1 is 1.20 bits per heavy atom. The number of nitrogens with zero attached hydrogens (tertiary/aromatic N) is 1. The van der Waals surface area contributed by atoms with E-state index < -0.39 is 6.10 Å². The van der Waals surface area contributed by atoms with E-state index in [1.165, 1.54) is 0 Å². The molecule has 2 unspecified atom stereocenters. The maximum Gasteiger partial charge on any atom is 0.162 e. The highest BCUT2D eigenvalue weighted by Crippen LogP contribution is 2.35. The maximum atomic E-state index is 10.3. The molecular weight excluding hydrogens is 336 g/mol. The van der Waals surface area contributed by atoms with Crippen LogP contribution in [0.4, 0.5) is 5.69 Å². The first-order valence-corrected chi connectivity index (χ1v) is 8.99. The van der Waals surface area contributed by atoms with E-state index in [1.807, 2.05) is 35.7 Å².